The molecule has 1 rings (SSSR count). The molecule has 0 aliphatic rings. The van der Waals surface area contributed by atoms with Crippen molar-refractivity contribution in [3.8, 4) is 0 Å². The van der Waals surface area contributed by atoms with Gasteiger partial charge in [0.2, 0.25) is 11.8 Å². The molecule has 0 aliphatic heterocycles. The number of hydrogen-bond donors (Lipinski definition) is 3. The van der Waals surface area contributed by atoms with E-state index in [1.807, 2.05) is 13.8 Å². The van der Waals surface area contributed by atoms with Crippen molar-refractivity contribution in [1.29, 1.82) is 0 Å². The van der Waals surface area contributed by atoms with Gasteiger partial charge in [0.1, 0.15) is 5.82 Å². The predicted molar refractivity (Wildman–Crippen MR) is 83.8 cm³/mol. The highest BCUT2D eigenvalue weighted by molar-refractivity contribution is 6.31. The summed E-state index contributed by atoms with van der Waals surface area (Å²) in [4.78, 5) is 23.5. The van der Waals surface area contributed by atoms with Gasteiger partial charge in [0.15, 0.2) is 0 Å². The van der Waals surface area contributed by atoms with E-state index in [9.17, 15) is 14.0 Å². The van der Waals surface area contributed by atoms with Crippen molar-refractivity contribution in [3.05, 3.63) is 34.6 Å². The molecule has 122 valence electrons. The number of carbonyl (C=O) groups is 2. The van der Waals surface area contributed by atoms with Gasteiger partial charge in [-0.1, -0.05) is 31.5 Å². The first kappa shape index (κ1) is 18.4. The van der Waals surface area contributed by atoms with Crippen LogP contribution < -0.4 is 16.4 Å². The van der Waals surface area contributed by atoms with Crippen LogP contribution in [0.5, 0.6) is 0 Å². The number of nitrogens with two attached hydrogens (primary N) is 1. The van der Waals surface area contributed by atoms with Crippen LogP contribution in [0.3, 0.4) is 0 Å². The molecule has 0 fully saturated rings. The topological polar surface area (TPSA) is 84.2 Å². The minimum atomic E-state index is -0.656. The molecule has 0 saturated carbocycles. The summed E-state index contributed by atoms with van der Waals surface area (Å²) in [6.45, 7) is 5.19. The number of hydrogen-bond acceptors (Lipinski definition) is 3. The number of amides is 2. The van der Waals surface area contributed by atoms with Crippen LogP contribution >= 0.6 is 11.6 Å². The first-order chi connectivity index (χ1) is 10.2. The lowest BCUT2D eigenvalue weighted by atomic mass is 10.1. The number of rotatable bonds is 6. The maximum Gasteiger partial charge on any atom is 0.239 e. The molecule has 4 N–H and O–H groups in total. The van der Waals surface area contributed by atoms with Crippen molar-refractivity contribution in [1.82, 2.24) is 10.6 Å². The molecule has 1 unspecified atom stereocenters. The zero-order chi connectivity index (χ0) is 16.9. The molecule has 2 amide bonds. The van der Waals surface area contributed by atoms with Gasteiger partial charge in [0.25, 0.3) is 0 Å². The molecular weight excluding hydrogens is 309 g/mol. The smallest absolute Gasteiger partial charge is 0.239 e. The summed E-state index contributed by atoms with van der Waals surface area (Å²) >= 11 is 5.93. The lowest BCUT2D eigenvalue weighted by Gasteiger charge is -2.18. The molecule has 0 radical (unpaired) electrons. The predicted octanol–water partition coefficient (Wildman–Crippen LogP) is 1.76. The Morgan fingerprint density at radius 3 is 2.50 bits per heavy atom. The fourth-order valence-corrected chi connectivity index (χ4v) is 2.14. The fraction of sp³-hybridized carbons (Fsp3) is 0.467. The Labute approximate surface area is 134 Å². The SMILES string of the molecule is CC(NC(=O)CNC(=O)[C@@H](N)C(C)C)c1ccc(F)cc1Cl. The Kier molecular flexibility index (Phi) is 6.77. The fourth-order valence-electron chi connectivity index (χ4n) is 1.81. The zero-order valence-electron chi connectivity index (χ0n) is 12.8. The van der Waals surface area contributed by atoms with Gasteiger partial charge in [-0.25, -0.2) is 4.39 Å². The maximum atomic E-state index is 13.0. The molecule has 0 heterocycles. The highest BCUT2D eigenvalue weighted by Gasteiger charge is 2.18. The van der Waals surface area contributed by atoms with Gasteiger partial charge < -0.3 is 16.4 Å². The summed E-state index contributed by atoms with van der Waals surface area (Å²) < 4.78 is 13.0. The average Bonchev–Trinajstić information content (AvgIpc) is 2.43. The summed E-state index contributed by atoms with van der Waals surface area (Å²) in [5.41, 5.74) is 6.27. The van der Waals surface area contributed by atoms with E-state index in [1.54, 1.807) is 6.92 Å². The quantitative estimate of drug-likeness (QED) is 0.743. The first-order valence-corrected chi connectivity index (χ1v) is 7.37. The molecule has 2 atom stereocenters. The molecule has 5 nitrogen and oxygen atoms in total. The van der Waals surface area contributed by atoms with E-state index >= 15 is 0 Å². The molecular formula is C15H21ClFN3O2. The Hall–Kier alpha value is -1.66. The standard InChI is InChI=1S/C15H21ClFN3O2/c1-8(2)14(18)15(22)19-7-13(21)20-9(3)11-5-4-10(17)6-12(11)16/h4-6,8-9,14H,7,18H2,1-3H3,(H,19,22)(H,20,21)/t9?,14-/m0/s1. The molecule has 1 aromatic rings. The summed E-state index contributed by atoms with van der Waals surface area (Å²) in [5, 5.41) is 5.39. The van der Waals surface area contributed by atoms with Crippen molar-refractivity contribution in [2.24, 2.45) is 11.7 Å². The van der Waals surface area contributed by atoms with Crippen LogP contribution in [-0.4, -0.2) is 24.4 Å². The van der Waals surface area contributed by atoms with E-state index in [0.29, 0.717) is 5.56 Å². The van der Waals surface area contributed by atoms with Crippen LogP contribution in [0.25, 0.3) is 0 Å². The summed E-state index contributed by atoms with van der Waals surface area (Å²) in [5.74, 6) is -1.21. The van der Waals surface area contributed by atoms with Gasteiger partial charge in [-0.05, 0) is 30.5 Å². The number of benzene rings is 1. The largest absolute Gasteiger partial charge is 0.348 e. The average molecular weight is 330 g/mol. The third-order valence-electron chi connectivity index (χ3n) is 3.25. The molecule has 0 saturated heterocycles. The molecule has 1 aromatic carbocycles. The van der Waals surface area contributed by atoms with Crippen LogP contribution in [0.1, 0.15) is 32.4 Å². The first-order valence-electron chi connectivity index (χ1n) is 7.00. The van der Waals surface area contributed by atoms with E-state index in [0.717, 1.165) is 0 Å². The van der Waals surface area contributed by atoms with Crippen LogP contribution in [0, 0.1) is 11.7 Å². The second-order valence-corrected chi connectivity index (χ2v) is 5.85. The molecule has 0 bridgehead atoms. The summed E-state index contributed by atoms with van der Waals surface area (Å²) in [7, 11) is 0. The van der Waals surface area contributed by atoms with E-state index in [1.165, 1.54) is 18.2 Å². The minimum absolute atomic E-state index is 0.0139. The summed E-state index contributed by atoms with van der Waals surface area (Å²) in [6, 6.07) is 2.90. The lowest BCUT2D eigenvalue weighted by Crippen LogP contribution is -2.47. The third-order valence-corrected chi connectivity index (χ3v) is 3.58. The van der Waals surface area contributed by atoms with Gasteiger partial charge in [-0.2, -0.15) is 0 Å². The van der Waals surface area contributed by atoms with Crippen LogP contribution in [0.2, 0.25) is 5.02 Å². The van der Waals surface area contributed by atoms with Crippen molar-refractivity contribution in [3.63, 3.8) is 0 Å². The van der Waals surface area contributed by atoms with Crippen molar-refractivity contribution in [2.45, 2.75) is 32.9 Å². The Morgan fingerprint density at radius 2 is 1.95 bits per heavy atom. The monoisotopic (exact) mass is 329 g/mol. The second kappa shape index (κ2) is 8.10. The van der Waals surface area contributed by atoms with Crippen LogP contribution in [0.15, 0.2) is 18.2 Å². The normalized spacial score (nSPS) is 13.6. The minimum Gasteiger partial charge on any atom is -0.348 e. The molecule has 0 aliphatic carbocycles. The third kappa shape index (κ3) is 5.27. The van der Waals surface area contributed by atoms with E-state index in [4.69, 9.17) is 17.3 Å². The molecule has 0 spiro atoms. The molecule has 22 heavy (non-hydrogen) atoms. The highest BCUT2D eigenvalue weighted by Crippen LogP contribution is 2.23. The van der Waals surface area contributed by atoms with Gasteiger partial charge in [-0.3, -0.25) is 9.59 Å². The van der Waals surface area contributed by atoms with Crippen LogP contribution in [-0.2, 0) is 9.59 Å². The Bertz CT molecular complexity index is 552. The van der Waals surface area contributed by atoms with E-state index < -0.39 is 17.9 Å². The van der Waals surface area contributed by atoms with Gasteiger partial charge in [0.05, 0.1) is 18.6 Å². The van der Waals surface area contributed by atoms with Crippen molar-refractivity contribution < 1.29 is 14.0 Å². The van der Waals surface area contributed by atoms with Crippen LogP contribution in [0.4, 0.5) is 4.39 Å². The van der Waals surface area contributed by atoms with Gasteiger partial charge >= 0.3 is 0 Å². The van der Waals surface area contributed by atoms with Gasteiger partial charge in [-0.15, -0.1) is 0 Å². The second-order valence-electron chi connectivity index (χ2n) is 5.44. The number of halogens is 2. The summed E-state index contributed by atoms with van der Waals surface area (Å²) in [6.07, 6.45) is 0. The van der Waals surface area contributed by atoms with E-state index in [-0.39, 0.29) is 29.3 Å². The van der Waals surface area contributed by atoms with Gasteiger partial charge in [0, 0.05) is 5.02 Å². The van der Waals surface area contributed by atoms with Crippen molar-refractivity contribution >= 4 is 23.4 Å². The van der Waals surface area contributed by atoms with E-state index in [2.05, 4.69) is 10.6 Å². The Morgan fingerprint density at radius 1 is 1.32 bits per heavy atom. The highest BCUT2D eigenvalue weighted by atomic mass is 35.5. The van der Waals surface area contributed by atoms with Crippen molar-refractivity contribution in [2.75, 3.05) is 6.54 Å². The maximum absolute atomic E-state index is 13.0. The number of carbonyl (C=O) groups excluding carboxylic acids is 2. The molecule has 7 heteroatoms. The Balaban J connectivity index is 2.53. The zero-order valence-corrected chi connectivity index (χ0v) is 13.6. The number of nitrogens with one attached hydrogen (secondary N) is 2. The lowest BCUT2D eigenvalue weighted by molar-refractivity contribution is -0.127. The molecule has 0 aromatic heterocycles.